The molecule has 2 amide bonds. The number of halogens is 5. The molecule has 12 heteroatoms. The Morgan fingerprint density at radius 2 is 1.84 bits per heavy atom. The summed E-state index contributed by atoms with van der Waals surface area (Å²) in [6.07, 6.45) is -5.74. The van der Waals surface area contributed by atoms with Crippen molar-refractivity contribution in [1.82, 2.24) is 15.3 Å². The number of nitrogens with zero attached hydrogens (tertiary/aromatic N) is 2. The predicted octanol–water partition coefficient (Wildman–Crippen LogP) is 6.74. The van der Waals surface area contributed by atoms with Gasteiger partial charge in [-0.2, -0.15) is 17.6 Å². The van der Waals surface area contributed by atoms with Crippen molar-refractivity contribution >= 4 is 34.1 Å². The summed E-state index contributed by atoms with van der Waals surface area (Å²) in [5.41, 5.74) is -0.138. The number of thiazole rings is 1. The zero-order valence-electron chi connectivity index (χ0n) is 18.9. The second-order valence-corrected chi connectivity index (χ2v) is 9.17. The van der Waals surface area contributed by atoms with Gasteiger partial charge in [-0.05, 0) is 35.4 Å². The van der Waals surface area contributed by atoms with Crippen LogP contribution >= 0.6 is 22.9 Å². The fourth-order valence-corrected chi connectivity index (χ4v) is 4.32. The Morgan fingerprint density at radius 3 is 2.49 bits per heavy atom. The van der Waals surface area contributed by atoms with Gasteiger partial charge in [0.15, 0.2) is 5.13 Å². The highest BCUT2D eigenvalue weighted by molar-refractivity contribution is 7.13. The highest BCUT2D eigenvalue weighted by Crippen LogP contribution is 2.36. The lowest BCUT2D eigenvalue weighted by atomic mass is 9.80. The molecule has 0 unspecified atom stereocenters. The molecule has 0 saturated carbocycles. The van der Waals surface area contributed by atoms with Gasteiger partial charge in [0.05, 0.1) is 10.7 Å². The molecule has 2 aromatic carbocycles. The largest absolute Gasteiger partial charge is 0.461 e. The molecule has 6 nitrogen and oxygen atoms in total. The molecule has 4 rings (SSSR count). The summed E-state index contributed by atoms with van der Waals surface area (Å²) < 4.78 is 57.4. The Bertz CT molecular complexity index is 1330. The van der Waals surface area contributed by atoms with E-state index in [0.717, 1.165) is 11.6 Å². The second-order valence-electron chi connectivity index (χ2n) is 7.84. The zero-order chi connectivity index (χ0) is 26.5. The maximum atomic E-state index is 13.7. The fraction of sp³-hybridized carbons (Fsp3) is 0.160. The van der Waals surface area contributed by atoms with Crippen LogP contribution < -0.4 is 15.4 Å². The van der Waals surface area contributed by atoms with Crippen LogP contribution in [0.25, 0.3) is 0 Å². The number of hydrogen-bond acceptors (Lipinski definition) is 5. The number of alkyl halides is 4. The van der Waals surface area contributed by atoms with Gasteiger partial charge in [-0.3, -0.25) is 10.3 Å². The topological polar surface area (TPSA) is 76.1 Å². The van der Waals surface area contributed by atoms with Crippen LogP contribution in [0.3, 0.4) is 0 Å². The van der Waals surface area contributed by atoms with Crippen LogP contribution in [0.2, 0.25) is 5.02 Å². The molecule has 1 atom stereocenters. The van der Waals surface area contributed by atoms with Crippen molar-refractivity contribution in [1.29, 1.82) is 0 Å². The minimum absolute atomic E-state index is 0.114. The highest BCUT2D eigenvalue weighted by Gasteiger charge is 2.44. The van der Waals surface area contributed by atoms with Gasteiger partial charge in [0.25, 0.3) is 0 Å². The summed E-state index contributed by atoms with van der Waals surface area (Å²) in [5.74, 6) is -0.517. The smallest absolute Gasteiger partial charge is 0.428 e. The average molecular weight is 551 g/mol. The van der Waals surface area contributed by atoms with Crippen LogP contribution in [-0.2, 0) is 12.0 Å². The molecule has 0 aliphatic heterocycles. The number of rotatable bonds is 9. The third-order valence-corrected chi connectivity index (χ3v) is 6.20. The highest BCUT2D eigenvalue weighted by atomic mass is 35.5. The molecule has 0 aliphatic carbocycles. The van der Waals surface area contributed by atoms with Crippen molar-refractivity contribution < 1.29 is 27.1 Å². The number of urea groups is 1. The molecular weight excluding hydrogens is 532 g/mol. The van der Waals surface area contributed by atoms with Crippen LogP contribution in [0.4, 0.5) is 27.5 Å². The number of carbonyl (C=O) groups is 1. The van der Waals surface area contributed by atoms with Gasteiger partial charge in [0.1, 0.15) is 11.3 Å². The minimum atomic E-state index is -4.71. The number of carbonyl (C=O) groups excluding carboxylic acids is 1. The van der Waals surface area contributed by atoms with Crippen LogP contribution in [0, 0.1) is 0 Å². The van der Waals surface area contributed by atoms with Gasteiger partial charge in [-0.25, -0.2) is 9.78 Å². The van der Waals surface area contributed by atoms with E-state index >= 15 is 0 Å². The molecule has 0 bridgehead atoms. The summed E-state index contributed by atoms with van der Waals surface area (Å²) in [7, 11) is 0. The predicted molar refractivity (Wildman–Crippen MR) is 132 cm³/mol. The van der Waals surface area contributed by atoms with Crippen LogP contribution in [0.5, 0.6) is 5.75 Å². The van der Waals surface area contributed by atoms with Gasteiger partial charge in [0, 0.05) is 24.2 Å². The van der Waals surface area contributed by atoms with E-state index in [-0.39, 0.29) is 12.0 Å². The van der Waals surface area contributed by atoms with E-state index in [1.54, 1.807) is 35.7 Å². The Kier molecular flexibility index (Phi) is 7.94. The van der Waals surface area contributed by atoms with Crippen molar-refractivity contribution in [3.05, 3.63) is 106 Å². The van der Waals surface area contributed by atoms with Crippen molar-refractivity contribution in [3.63, 3.8) is 0 Å². The number of anilines is 1. The maximum Gasteiger partial charge on any atom is 0.461 e. The van der Waals surface area contributed by atoms with E-state index in [1.165, 1.54) is 35.9 Å². The standard InChI is InChI=1S/C25H19ClF4N4O2S/c26-18-9-10-20(32-15-18)24(14-16-5-2-1-3-6-16,34-22(35)33-23-31-11-12-37-23)17-7-4-8-19(13-17)36-25(29,30)21(27)28/h1-13,15,21H,14H2,(H2,31,33,34,35)/t24-/m0/s1. The molecule has 0 saturated heterocycles. The first-order valence-corrected chi connectivity index (χ1v) is 12.0. The van der Waals surface area contributed by atoms with E-state index in [2.05, 4.69) is 25.3 Å². The molecule has 37 heavy (non-hydrogen) atoms. The Morgan fingerprint density at radius 1 is 1.05 bits per heavy atom. The summed E-state index contributed by atoms with van der Waals surface area (Å²) in [4.78, 5) is 21.6. The number of aromatic nitrogens is 2. The maximum absolute atomic E-state index is 13.7. The third kappa shape index (κ3) is 6.36. The molecule has 2 N–H and O–H groups in total. The molecule has 2 heterocycles. The van der Waals surface area contributed by atoms with Gasteiger partial charge in [-0.15, -0.1) is 11.3 Å². The average Bonchev–Trinajstić information content (AvgIpc) is 3.37. The normalized spacial score (nSPS) is 13.1. The molecule has 192 valence electrons. The van der Waals surface area contributed by atoms with Crippen molar-refractivity contribution in [2.45, 2.75) is 24.5 Å². The molecule has 0 radical (unpaired) electrons. The molecule has 4 aromatic rings. The summed E-state index contributed by atoms with van der Waals surface area (Å²) in [6, 6.07) is 16.7. The van der Waals surface area contributed by atoms with Crippen LogP contribution in [0.1, 0.15) is 16.8 Å². The van der Waals surface area contributed by atoms with E-state index in [4.69, 9.17) is 11.6 Å². The van der Waals surface area contributed by atoms with E-state index in [1.807, 2.05) is 18.2 Å². The number of ether oxygens (including phenoxy) is 1. The first-order chi connectivity index (χ1) is 17.7. The first-order valence-electron chi connectivity index (χ1n) is 10.8. The van der Waals surface area contributed by atoms with Crippen LogP contribution in [-0.4, -0.2) is 28.5 Å². The number of hydrogen-bond donors (Lipinski definition) is 2. The zero-order valence-corrected chi connectivity index (χ0v) is 20.4. The van der Waals surface area contributed by atoms with E-state index in [0.29, 0.717) is 15.8 Å². The van der Waals surface area contributed by atoms with Crippen LogP contribution in [0.15, 0.2) is 84.5 Å². The lowest BCUT2D eigenvalue weighted by molar-refractivity contribution is -0.253. The van der Waals surface area contributed by atoms with E-state index < -0.39 is 29.9 Å². The number of nitrogens with one attached hydrogen (secondary N) is 2. The van der Waals surface area contributed by atoms with Gasteiger partial charge < -0.3 is 10.1 Å². The molecule has 0 spiro atoms. The molecule has 2 aromatic heterocycles. The Hall–Kier alpha value is -3.70. The summed E-state index contributed by atoms with van der Waals surface area (Å²) >= 11 is 7.25. The number of pyridine rings is 1. The molecule has 0 aliphatic rings. The number of benzene rings is 2. The summed E-state index contributed by atoms with van der Waals surface area (Å²) in [5, 5.41) is 7.87. The SMILES string of the molecule is O=C(Nc1nccs1)N[C@@](Cc1ccccc1)(c1cccc(OC(F)(F)C(F)F)c1)c1ccc(Cl)cn1. The van der Waals surface area contributed by atoms with E-state index in [9.17, 15) is 22.4 Å². The molecular formula is C25H19ClF4N4O2S. The quantitative estimate of drug-likeness (QED) is 0.226. The lowest BCUT2D eigenvalue weighted by Crippen LogP contribution is -2.50. The Labute approximate surface area is 218 Å². The first kappa shape index (κ1) is 26.4. The fourth-order valence-electron chi connectivity index (χ4n) is 3.69. The van der Waals surface area contributed by atoms with Crippen molar-refractivity contribution in [2.24, 2.45) is 0 Å². The van der Waals surface area contributed by atoms with Crippen molar-refractivity contribution in [3.8, 4) is 5.75 Å². The molecule has 0 fully saturated rings. The minimum Gasteiger partial charge on any atom is -0.428 e. The second kappa shape index (κ2) is 11.1. The van der Waals surface area contributed by atoms with Gasteiger partial charge in [-0.1, -0.05) is 54.1 Å². The van der Waals surface area contributed by atoms with Crippen molar-refractivity contribution in [2.75, 3.05) is 5.32 Å². The lowest BCUT2D eigenvalue weighted by Gasteiger charge is -2.35. The summed E-state index contributed by atoms with van der Waals surface area (Å²) in [6.45, 7) is 0. The van der Waals surface area contributed by atoms with Gasteiger partial charge in [0.2, 0.25) is 0 Å². The van der Waals surface area contributed by atoms with Gasteiger partial charge >= 0.3 is 18.6 Å². The Balaban J connectivity index is 1.85. The third-order valence-electron chi connectivity index (χ3n) is 5.29. The monoisotopic (exact) mass is 550 g/mol. The number of amides is 2.